The lowest BCUT2D eigenvalue weighted by atomic mass is 10.1. The molecule has 1 radical (unpaired) electrons. The lowest BCUT2D eigenvalue weighted by Gasteiger charge is -2.03. The van der Waals surface area contributed by atoms with Crippen molar-refractivity contribution in [1.82, 2.24) is 0 Å². The van der Waals surface area contributed by atoms with Gasteiger partial charge in [-0.05, 0) is 31.0 Å². The van der Waals surface area contributed by atoms with Crippen LogP contribution in [0.1, 0.15) is 11.1 Å². The molecule has 1 aromatic carbocycles. The summed E-state index contributed by atoms with van der Waals surface area (Å²) in [6, 6.07) is 2.36. The Balaban J connectivity index is 3.18. The summed E-state index contributed by atoms with van der Waals surface area (Å²) >= 11 is 0. The number of rotatable bonds is 2. The maximum atomic E-state index is 12.9. The van der Waals surface area contributed by atoms with Gasteiger partial charge in [0, 0.05) is 5.56 Å². The summed E-state index contributed by atoms with van der Waals surface area (Å²) in [6.45, 7) is 2.88. The summed E-state index contributed by atoms with van der Waals surface area (Å²) in [7, 11) is 0. The van der Waals surface area contributed by atoms with Crippen molar-refractivity contribution in [3.63, 3.8) is 0 Å². The number of aliphatic hydroxyl groups excluding tert-OH is 1. The smallest absolute Gasteiger partial charge is 0.131 e. The normalized spacial score (nSPS) is 10.3. The topological polar surface area (TPSA) is 20.2 Å². The molecular weight excluding hydrogens is 162 g/mol. The molecule has 0 atom stereocenters. The minimum Gasteiger partial charge on any atom is -0.391 e. The highest BCUT2D eigenvalue weighted by molar-refractivity contribution is 5.26. The van der Waals surface area contributed by atoms with Gasteiger partial charge in [-0.15, -0.1) is 0 Å². The Morgan fingerprint density at radius 3 is 2.08 bits per heavy atom. The van der Waals surface area contributed by atoms with Gasteiger partial charge in [-0.2, -0.15) is 0 Å². The second kappa shape index (κ2) is 3.63. The highest BCUT2D eigenvalue weighted by Crippen LogP contribution is 2.15. The zero-order valence-electron chi connectivity index (χ0n) is 6.48. The monoisotopic (exact) mass is 171 g/mol. The lowest BCUT2D eigenvalue weighted by Crippen LogP contribution is -1.97. The molecule has 0 saturated heterocycles. The standard InChI is InChI=1S/C9H9F2O/c1-2-6-3-8(10)7(5-12)9(11)4-6/h3-4,12H,1-2,5H2. The van der Waals surface area contributed by atoms with E-state index in [0.29, 0.717) is 12.0 Å². The molecule has 1 aromatic rings. The molecule has 1 N–H and O–H groups in total. The van der Waals surface area contributed by atoms with Crippen LogP contribution in [-0.4, -0.2) is 5.11 Å². The SMILES string of the molecule is [CH2]Cc1cc(F)c(CO)c(F)c1. The van der Waals surface area contributed by atoms with Gasteiger partial charge in [-0.25, -0.2) is 8.78 Å². The third-order valence-corrected chi connectivity index (χ3v) is 1.65. The molecule has 0 unspecified atom stereocenters. The van der Waals surface area contributed by atoms with Crippen LogP contribution >= 0.6 is 0 Å². The Bertz CT molecular complexity index is 261. The molecule has 0 fully saturated rings. The van der Waals surface area contributed by atoms with Crippen molar-refractivity contribution in [2.24, 2.45) is 0 Å². The van der Waals surface area contributed by atoms with Crippen LogP contribution in [0.4, 0.5) is 8.78 Å². The molecule has 0 bridgehead atoms. The van der Waals surface area contributed by atoms with Gasteiger partial charge < -0.3 is 5.11 Å². The maximum Gasteiger partial charge on any atom is 0.131 e. The van der Waals surface area contributed by atoms with Crippen LogP contribution < -0.4 is 0 Å². The number of halogens is 2. The molecule has 3 heteroatoms. The van der Waals surface area contributed by atoms with Gasteiger partial charge in [0.1, 0.15) is 11.6 Å². The fraction of sp³-hybridized carbons (Fsp3) is 0.222. The zero-order valence-corrected chi connectivity index (χ0v) is 6.48. The van der Waals surface area contributed by atoms with Crippen molar-refractivity contribution in [2.75, 3.05) is 0 Å². The first-order valence-electron chi connectivity index (χ1n) is 3.56. The van der Waals surface area contributed by atoms with Gasteiger partial charge in [-0.3, -0.25) is 0 Å². The minimum atomic E-state index is -0.712. The molecule has 1 rings (SSSR count). The quantitative estimate of drug-likeness (QED) is 0.719. The van der Waals surface area contributed by atoms with E-state index in [2.05, 4.69) is 6.92 Å². The fourth-order valence-electron chi connectivity index (χ4n) is 0.951. The van der Waals surface area contributed by atoms with Gasteiger partial charge in [0.05, 0.1) is 6.61 Å². The molecule has 0 heterocycles. The molecular formula is C9H9F2O. The van der Waals surface area contributed by atoms with Crippen LogP contribution in [0.2, 0.25) is 0 Å². The summed E-state index contributed by atoms with van der Waals surface area (Å²) < 4.78 is 25.7. The van der Waals surface area contributed by atoms with Crippen molar-refractivity contribution in [2.45, 2.75) is 13.0 Å². The zero-order chi connectivity index (χ0) is 9.14. The van der Waals surface area contributed by atoms with Crippen molar-refractivity contribution in [3.05, 3.63) is 41.8 Å². The van der Waals surface area contributed by atoms with E-state index in [4.69, 9.17) is 5.11 Å². The lowest BCUT2D eigenvalue weighted by molar-refractivity contribution is 0.269. The van der Waals surface area contributed by atoms with Crippen molar-refractivity contribution in [3.8, 4) is 0 Å². The molecule has 0 saturated carbocycles. The second-order valence-electron chi connectivity index (χ2n) is 2.45. The average Bonchev–Trinajstić information content (AvgIpc) is 2.03. The van der Waals surface area contributed by atoms with Crippen LogP contribution in [-0.2, 0) is 13.0 Å². The minimum absolute atomic E-state index is 0.285. The third-order valence-electron chi connectivity index (χ3n) is 1.65. The Hall–Kier alpha value is -0.960. The van der Waals surface area contributed by atoms with E-state index in [1.54, 1.807) is 0 Å². The van der Waals surface area contributed by atoms with Gasteiger partial charge in [0.25, 0.3) is 0 Å². The van der Waals surface area contributed by atoms with Gasteiger partial charge >= 0.3 is 0 Å². The van der Waals surface area contributed by atoms with Crippen LogP contribution in [0.3, 0.4) is 0 Å². The van der Waals surface area contributed by atoms with E-state index in [-0.39, 0.29) is 5.56 Å². The molecule has 0 spiro atoms. The van der Waals surface area contributed by atoms with Crippen LogP contribution in [0.15, 0.2) is 12.1 Å². The molecule has 0 aliphatic rings. The highest BCUT2D eigenvalue weighted by atomic mass is 19.1. The van der Waals surface area contributed by atoms with Gasteiger partial charge in [-0.1, -0.05) is 0 Å². The van der Waals surface area contributed by atoms with E-state index in [1.165, 1.54) is 12.1 Å². The first kappa shape index (κ1) is 9.13. The van der Waals surface area contributed by atoms with E-state index < -0.39 is 18.2 Å². The van der Waals surface area contributed by atoms with Crippen LogP contribution in [0.25, 0.3) is 0 Å². The predicted octanol–water partition coefficient (Wildman–Crippen LogP) is 1.83. The molecule has 0 aliphatic heterocycles. The largest absolute Gasteiger partial charge is 0.391 e. The van der Waals surface area contributed by atoms with Gasteiger partial charge in [0.2, 0.25) is 0 Å². The fourth-order valence-corrected chi connectivity index (χ4v) is 0.951. The van der Waals surface area contributed by atoms with E-state index in [0.717, 1.165) is 0 Å². The van der Waals surface area contributed by atoms with E-state index >= 15 is 0 Å². The molecule has 0 aliphatic carbocycles. The second-order valence-corrected chi connectivity index (χ2v) is 2.45. The summed E-state index contributed by atoms with van der Waals surface area (Å²) in [5.74, 6) is -1.42. The van der Waals surface area contributed by atoms with Crippen LogP contribution in [0, 0.1) is 18.6 Å². The Kier molecular flexibility index (Phi) is 2.76. The summed E-state index contributed by atoms with van der Waals surface area (Å²) in [5.41, 5.74) is 0.203. The van der Waals surface area contributed by atoms with Crippen molar-refractivity contribution >= 4 is 0 Å². The first-order valence-corrected chi connectivity index (χ1v) is 3.56. The maximum absolute atomic E-state index is 12.9. The molecule has 0 amide bonds. The van der Waals surface area contributed by atoms with Gasteiger partial charge in [0.15, 0.2) is 0 Å². The molecule has 65 valence electrons. The molecule has 12 heavy (non-hydrogen) atoms. The molecule has 1 nitrogen and oxygen atoms in total. The van der Waals surface area contributed by atoms with Crippen molar-refractivity contribution < 1.29 is 13.9 Å². The number of aliphatic hydroxyl groups is 1. The van der Waals surface area contributed by atoms with Crippen LogP contribution in [0.5, 0.6) is 0 Å². The summed E-state index contributed by atoms with van der Waals surface area (Å²) in [4.78, 5) is 0. The summed E-state index contributed by atoms with van der Waals surface area (Å²) in [5, 5.41) is 8.57. The third kappa shape index (κ3) is 1.61. The predicted molar refractivity (Wildman–Crippen MR) is 41.3 cm³/mol. The van der Waals surface area contributed by atoms with Crippen molar-refractivity contribution in [1.29, 1.82) is 0 Å². The highest BCUT2D eigenvalue weighted by Gasteiger charge is 2.08. The molecule has 0 aromatic heterocycles. The average molecular weight is 171 g/mol. The number of hydrogen-bond donors (Lipinski definition) is 1. The first-order chi connectivity index (χ1) is 5.69. The Labute approximate surface area is 69.7 Å². The number of hydrogen-bond acceptors (Lipinski definition) is 1. The summed E-state index contributed by atoms with van der Waals surface area (Å²) in [6.07, 6.45) is 0.333. The number of benzene rings is 1. The Morgan fingerprint density at radius 1 is 1.25 bits per heavy atom. The van der Waals surface area contributed by atoms with E-state index in [1.807, 2.05) is 0 Å². The van der Waals surface area contributed by atoms with E-state index in [9.17, 15) is 8.78 Å². The Morgan fingerprint density at radius 2 is 1.75 bits per heavy atom.